The Morgan fingerprint density at radius 3 is 2.33 bits per heavy atom. The van der Waals surface area contributed by atoms with Crippen molar-refractivity contribution in [1.29, 1.82) is 0 Å². The van der Waals surface area contributed by atoms with Crippen LogP contribution in [-0.2, 0) is 17.9 Å². The number of pyridine rings is 1. The lowest BCUT2D eigenvalue weighted by atomic mass is 10.2. The van der Waals surface area contributed by atoms with Crippen LogP contribution in [0.25, 0.3) is 10.9 Å². The van der Waals surface area contributed by atoms with Crippen LogP contribution in [0.5, 0.6) is 0 Å². The predicted octanol–water partition coefficient (Wildman–Crippen LogP) is 3.91. The van der Waals surface area contributed by atoms with Crippen molar-refractivity contribution in [2.24, 2.45) is 0 Å². The molecule has 0 unspecified atom stereocenters. The second kappa shape index (κ2) is 7.90. The summed E-state index contributed by atoms with van der Waals surface area (Å²) in [7, 11) is 0. The Morgan fingerprint density at radius 1 is 0.867 bits per heavy atom. The van der Waals surface area contributed by atoms with E-state index in [1.807, 2.05) is 0 Å². The number of carbonyl (C=O) groups is 1. The average Bonchev–Trinajstić information content (AvgIpc) is 3.12. The Labute approximate surface area is 169 Å². The van der Waals surface area contributed by atoms with Crippen molar-refractivity contribution < 1.29 is 18.0 Å². The Hall–Kier alpha value is -3.81. The summed E-state index contributed by atoms with van der Waals surface area (Å²) >= 11 is 0. The number of anilines is 1. The fourth-order valence-electron chi connectivity index (χ4n) is 3.24. The molecule has 2 heterocycles. The van der Waals surface area contributed by atoms with E-state index in [1.165, 1.54) is 22.9 Å². The molecule has 2 aromatic heterocycles. The highest BCUT2D eigenvalue weighted by molar-refractivity contribution is 5.90. The van der Waals surface area contributed by atoms with Gasteiger partial charge >= 0.3 is 0 Å². The van der Waals surface area contributed by atoms with Crippen LogP contribution in [0, 0.1) is 17.5 Å². The number of aromatic nitrogens is 2. The number of halogens is 3. The van der Waals surface area contributed by atoms with Crippen molar-refractivity contribution in [3.63, 3.8) is 0 Å². The summed E-state index contributed by atoms with van der Waals surface area (Å²) in [5, 5.41) is 3.09. The number of fused-ring (bicyclic) bond motifs is 1. The quantitative estimate of drug-likeness (QED) is 0.542. The largest absolute Gasteiger partial charge is 0.338 e. The number of benzene rings is 2. The van der Waals surface area contributed by atoms with E-state index >= 15 is 0 Å². The van der Waals surface area contributed by atoms with Gasteiger partial charge in [-0.1, -0.05) is 18.2 Å². The Kier molecular flexibility index (Phi) is 5.14. The summed E-state index contributed by atoms with van der Waals surface area (Å²) in [6.45, 7) is -0.158. The summed E-state index contributed by atoms with van der Waals surface area (Å²) < 4.78 is 43.1. The van der Waals surface area contributed by atoms with E-state index in [2.05, 4.69) is 5.32 Å². The first-order valence-corrected chi connectivity index (χ1v) is 9.09. The second-order valence-electron chi connectivity index (χ2n) is 6.76. The van der Waals surface area contributed by atoms with E-state index in [4.69, 9.17) is 0 Å². The molecule has 5 nitrogen and oxygen atoms in total. The molecule has 0 aliphatic heterocycles. The van der Waals surface area contributed by atoms with E-state index in [9.17, 15) is 22.8 Å². The first kappa shape index (κ1) is 19.5. The molecule has 0 saturated heterocycles. The third kappa shape index (κ3) is 3.84. The molecule has 0 radical (unpaired) electrons. The van der Waals surface area contributed by atoms with Gasteiger partial charge in [0.15, 0.2) is 11.6 Å². The monoisotopic (exact) mass is 411 g/mol. The maximum atomic E-state index is 14.0. The van der Waals surface area contributed by atoms with Crippen LogP contribution in [0.15, 0.2) is 71.8 Å². The normalized spacial score (nSPS) is 11.0. The molecule has 4 rings (SSSR count). The molecule has 0 bridgehead atoms. The van der Waals surface area contributed by atoms with Crippen LogP contribution in [0.3, 0.4) is 0 Å². The molecule has 152 valence electrons. The fourth-order valence-corrected chi connectivity index (χ4v) is 3.24. The second-order valence-corrected chi connectivity index (χ2v) is 6.76. The minimum atomic E-state index is -1.09. The van der Waals surface area contributed by atoms with Crippen LogP contribution in [-0.4, -0.2) is 15.0 Å². The maximum Gasteiger partial charge on any atom is 0.275 e. The van der Waals surface area contributed by atoms with E-state index in [0.717, 1.165) is 12.1 Å². The van der Waals surface area contributed by atoms with Crippen LogP contribution >= 0.6 is 0 Å². The van der Waals surface area contributed by atoms with Crippen molar-refractivity contribution in [3.8, 4) is 0 Å². The molecule has 0 atom stereocenters. The molecular weight excluding hydrogens is 395 g/mol. The van der Waals surface area contributed by atoms with Crippen molar-refractivity contribution in [2.75, 3.05) is 5.32 Å². The van der Waals surface area contributed by atoms with Crippen molar-refractivity contribution >= 4 is 22.5 Å². The molecule has 1 N–H and O–H groups in total. The standard InChI is InChI=1S/C22H16F3N3O2/c23-17-4-2-1-3-15(17)12-27-9-7-14-8-10-28(22(30)21(14)27)13-20(29)26-16-5-6-18(24)19(25)11-16/h1-11H,12-13H2,(H,26,29). The molecule has 8 heteroatoms. The van der Waals surface area contributed by atoms with Crippen LogP contribution in [0.2, 0.25) is 0 Å². The number of carbonyl (C=O) groups excluding carboxylic acids is 1. The van der Waals surface area contributed by atoms with Crippen molar-refractivity contribution in [1.82, 2.24) is 9.13 Å². The summed E-state index contributed by atoms with van der Waals surface area (Å²) in [6, 6.07) is 12.7. The van der Waals surface area contributed by atoms with Crippen LogP contribution < -0.4 is 10.9 Å². The van der Waals surface area contributed by atoms with Gasteiger partial charge in [-0.15, -0.1) is 0 Å². The number of hydrogen-bond acceptors (Lipinski definition) is 2. The lowest BCUT2D eigenvalue weighted by Crippen LogP contribution is -2.28. The first-order chi connectivity index (χ1) is 14.4. The summed E-state index contributed by atoms with van der Waals surface area (Å²) in [5.74, 6) is -3.06. The SMILES string of the molecule is O=C(Cn1ccc2ccn(Cc3ccccc3F)c2c1=O)Nc1ccc(F)c(F)c1. The summed E-state index contributed by atoms with van der Waals surface area (Å²) in [6.07, 6.45) is 3.16. The number of hydrogen-bond donors (Lipinski definition) is 1. The van der Waals surface area contributed by atoms with Gasteiger partial charge < -0.3 is 14.5 Å². The van der Waals surface area contributed by atoms with Gasteiger partial charge in [-0.05, 0) is 30.3 Å². The topological polar surface area (TPSA) is 56.0 Å². The van der Waals surface area contributed by atoms with Gasteiger partial charge in [-0.3, -0.25) is 9.59 Å². The highest BCUT2D eigenvalue weighted by atomic mass is 19.2. The number of rotatable bonds is 5. The van der Waals surface area contributed by atoms with E-state index in [-0.39, 0.29) is 24.6 Å². The van der Waals surface area contributed by atoms with Crippen LogP contribution in [0.1, 0.15) is 5.56 Å². The molecule has 0 aliphatic rings. The number of amides is 1. The van der Waals surface area contributed by atoms with Gasteiger partial charge in [-0.2, -0.15) is 0 Å². The lowest BCUT2D eigenvalue weighted by Gasteiger charge is -2.10. The van der Waals surface area contributed by atoms with Gasteiger partial charge in [0, 0.05) is 35.1 Å². The Bertz CT molecular complexity index is 1310. The smallest absolute Gasteiger partial charge is 0.275 e. The molecule has 0 aliphatic carbocycles. The zero-order chi connectivity index (χ0) is 21.3. The fraction of sp³-hybridized carbons (Fsp3) is 0.0909. The van der Waals surface area contributed by atoms with Crippen molar-refractivity contribution in [3.05, 3.63) is 100 Å². The first-order valence-electron chi connectivity index (χ1n) is 9.09. The van der Waals surface area contributed by atoms with Gasteiger partial charge in [0.2, 0.25) is 5.91 Å². The highest BCUT2D eigenvalue weighted by Crippen LogP contribution is 2.16. The van der Waals surface area contributed by atoms with Crippen molar-refractivity contribution in [2.45, 2.75) is 13.1 Å². The van der Waals surface area contributed by atoms with Gasteiger partial charge in [-0.25, -0.2) is 13.2 Å². The summed E-state index contributed by atoms with van der Waals surface area (Å²) in [5.41, 5.74) is 0.424. The van der Waals surface area contributed by atoms with Gasteiger partial charge in [0.05, 0.1) is 6.54 Å². The molecule has 0 fully saturated rings. The Balaban J connectivity index is 1.60. The van der Waals surface area contributed by atoms with Crippen LogP contribution in [0.4, 0.5) is 18.9 Å². The highest BCUT2D eigenvalue weighted by Gasteiger charge is 2.13. The minimum absolute atomic E-state index is 0.0796. The number of nitrogens with zero attached hydrogens (tertiary/aromatic N) is 2. The third-order valence-corrected chi connectivity index (χ3v) is 4.71. The molecule has 2 aromatic carbocycles. The van der Waals surface area contributed by atoms with Gasteiger partial charge in [0.25, 0.3) is 5.56 Å². The zero-order valence-electron chi connectivity index (χ0n) is 15.6. The van der Waals surface area contributed by atoms with E-state index in [1.54, 1.807) is 41.1 Å². The van der Waals surface area contributed by atoms with E-state index in [0.29, 0.717) is 16.5 Å². The molecule has 0 saturated carbocycles. The molecular formula is C22H16F3N3O2. The van der Waals surface area contributed by atoms with E-state index < -0.39 is 23.1 Å². The molecule has 1 amide bonds. The number of nitrogens with one attached hydrogen (secondary N) is 1. The average molecular weight is 411 g/mol. The summed E-state index contributed by atoms with van der Waals surface area (Å²) in [4.78, 5) is 25.2. The Morgan fingerprint density at radius 2 is 1.60 bits per heavy atom. The zero-order valence-corrected chi connectivity index (χ0v) is 15.6. The molecule has 4 aromatic rings. The lowest BCUT2D eigenvalue weighted by molar-refractivity contribution is -0.116. The predicted molar refractivity (Wildman–Crippen MR) is 107 cm³/mol. The third-order valence-electron chi connectivity index (χ3n) is 4.71. The maximum absolute atomic E-state index is 14.0. The minimum Gasteiger partial charge on any atom is -0.338 e. The van der Waals surface area contributed by atoms with Gasteiger partial charge in [0.1, 0.15) is 17.9 Å². The molecule has 0 spiro atoms. The molecule has 30 heavy (non-hydrogen) atoms.